The van der Waals surface area contributed by atoms with Gasteiger partial charge in [-0.3, -0.25) is 0 Å². The minimum atomic E-state index is -0.468. The maximum Gasteiger partial charge on any atom is 0.384 e. The fraction of sp³-hybridized carbons (Fsp3) is 0.400. The molecule has 0 saturated carbocycles. The highest BCUT2D eigenvalue weighted by molar-refractivity contribution is 5.89. The van der Waals surface area contributed by atoms with E-state index in [1.54, 1.807) is 6.92 Å². The van der Waals surface area contributed by atoms with Crippen LogP contribution in [0.2, 0.25) is 0 Å². The lowest BCUT2D eigenvalue weighted by Gasteiger charge is -2.17. The number of carbonyl (C=O) groups excluding carboxylic acids is 1. The zero-order valence-electron chi connectivity index (χ0n) is 10.6. The Bertz CT molecular complexity index is 479. The fourth-order valence-corrected chi connectivity index (χ4v) is 2.05. The molecule has 1 aliphatic rings. The molecule has 1 aliphatic heterocycles. The summed E-state index contributed by atoms with van der Waals surface area (Å²) in [5.41, 5.74) is 2.04. The Morgan fingerprint density at radius 1 is 1.39 bits per heavy atom. The van der Waals surface area contributed by atoms with E-state index in [1.165, 1.54) is 18.5 Å². The summed E-state index contributed by atoms with van der Waals surface area (Å²) in [6.45, 7) is 4.35. The highest BCUT2D eigenvalue weighted by atomic mass is 16.5. The fourth-order valence-electron chi connectivity index (χ4n) is 2.05. The van der Waals surface area contributed by atoms with Gasteiger partial charge in [-0.2, -0.15) is 0 Å². The van der Waals surface area contributed by atoms with Crippen molar-refractivity contribution in [3.8, 4) is 11.8 Å². The molecule has 1 heterocycles. The van der Waals surface area contributed by atoms with E-state index >= 15 is 0 Å². The molecule has 1 fully saturated rings. The SMILES string of the molecule is CCOC(=O)C#Cc1cccc(N2CCCC2)c1. The number of hydrogen-bond acceptors (Lipinski definition) is 3. The maximum absolute atomic E-state index is 11.2. The van der Waals surface area contributed by atoms with E-state index in [9.17, 15) is 4.79 Å². The average molecular weight is 243 g/mol. The number of nitrogens with zero attached hydrogens (tertiary/aromatic N) is 1. The van der Waals surface area contributed by atoms with E-state index in [2.05, 4.69) is 22.8 Å². The second kappa shape index (κ2) is 6.11. The lowest BCUT2D eigenvalue weighted by Crippen LogP contribution is -2.17. The highest BCUT2D eigenvalue weighted by Gasteiger charge is 2.11. The lowest BCUT2D eigenvalue weighted by atomic mass is 10.2. The van der Waals surface area contributed by atoms with Crippen LogP contribution in [-0.2, 0) is 9.53 Å². The smallest absolute Gasteiger partial charge is 0.384 e. The van der Waals surface area contributed by atoms with Crippen LogP contribution >= 0.6 is 0 Å². The topological polar surface area (TPSA) is 29.5 Å². The van der Waals surface area contributed by atoms with Gasteiger partial charge in [-0.05, 0) is 38.0 Å². The minimum Gasteiger partial charge on any atom is -0.456 e. The van der Waals surface area contributed by atoms with Crippen LogP contribution in [0.4, 0.5) is 5.69 Å². The monoisotopic (exact) mass is 243 g/mol. The molecule has 0 unspecified atom stereocenters. The molecule has 0 atom stereocenters. The Labute approximate surface area is 108 Å². The molecular formula is C15H17NO2. The van der Waals surface area contributed by atoms with E-state index in [4.69, 9.17) is 4.74 Å². The Hall–Kier alpha value is -1.95. The first-order valence-electron chi connectivity index (χ1n) is 6.33. The van der Waals surface area contributed by atoms with E-state index < -0.39 is 5.97 Å². The normalized spacial score (nSPS) is 13.9. The van der Waals surface area contributed by atoms with Gasteiger partial charge in [-0.15, -0.1) is 0 Å². The zero-order valence-corrected chi connectivity index (χ0v) is 10.6. The molecule has 0 aliphatic carbocycles. The summed E-state index contributed by atoms with van der Waals surface area (Å²) < 4.78 is 4.77. The molecular weight excluding hydrogens is 226 g/mol. The van der Waals surface area contributed by atoms with Crippen molar-refractivity contribution in [2.75, 3.05) is 24.6 Å². The van der Waals surface area contributed by atoms with Gasteiger partial charge in [0.25, 0.3) is 0 Å². The Kier molecular flexibility index (Phi) is 4.25. The molecule has 0 bridgehead atoms. The van der Waals surface area contributed by atoms with E-state index in [0.29, 0.717) is 6.61 Å². The maximum atomic E-state index is 11.2. The predicted octanol–water partition coefficient (Wildman–Crippen LogP) is 2.20. The number of rotatable bonds is 2. The first-order chi connectivity index (χ1) is 8.79. The van der Waals surface area contributed by atoms with E-state index in [1.807, 2.05) is 18.2 Å². The Balaban J connectivity index is 2.09. The number of esters is 1. The van der Waals surface area contributed by atoms with Gasteiger partial charge in [0.2, 0.25) is 0 Å². The molecule has 0 N–H and O–H groups in total. The van der Waals surface area contributed by atoms with Crippen LogP contribution in [0.1, 0.15) is 25.3 Å². The Morgan fingerprint density at radius 3 is 2.89 bits per heavy atom. The average Bonchev–Trinajstić information content (AvgIpc) is 2.91. The number of benzene rings is 1. The van der Waals surface area contributed by atoms with Crippen molar-refractivity contribution in [3.63, 3.8) is 0 Å². The highest BCUT2D eigenvalue weighted by Crippen LogP contribution is 2.20. The molecule has 0 spiro atoms. The third-order valence-corrected chi connectivity index (χ3v) is 2.90. The van der Waals surface area contributed by atoms with Crippen LogP contribution in [0.5, 0.6) is 0 Å². The molecule has 1 aromatic carbocycles. The van der Waals surface area contributed by atoms with Gasteiger partial charge in [0.1, 0.15) is 0 Å². The summed E-state index contributed by atoms with van der Waals surface area (Å²) in [6.07, 6.45) is 2.50. The van der Waals surface area contributed by atoms with Gasteiger partial charge in [0, 0.05) is 30.3 Å². The first kappa shape index (κ1) is 12.5. The van der Waals surface area contributed by atoms with E-state index in [-0.39, 0.29) is 0 Å². The van der Waals surface area contributed by atoms with Crippen molar-refractivity contribution in [2.45, 2.75) is 19.8 Å². The van der Waals surface area contributed by atoms with Crippen molar-refractivity contribution >= 4 is 11.7 Å². The minimum absolute atomic E-state index is 0.362. The standard InChI is InChI=1S/C15H17NO2/c1-2-18-15(17)9-8-13-6-5-7-14(12-13)16-10-3-4-11-16/h5-7,12H,2-4,10-11H2,1H3. The molecule has 0 amide bonds. The van der Waals surface area contributed by atoms with Crippen molar-refractivity contribution in [2.24, 2.45) is 0 Å². The molecule has 94 valence electrons. The number of carbonyl (C=O) groups is 1. The summed E-state index contributed by atoms with van der Waals surface area (Å²) in [5.74, 6) is 4.86. The van der Waals surface area contributed by atoms with Gasteiger partial charge in [-0.1, -0.05) is 12.0 Å². The zero-order chi connectivity index (χ0) is 12.8. The van der Waals surface area contributed by atoms with Crippen LogP contribution < -0.4 is 4.90 Å². The number of ether oxygens (including phenoxy) is 1. The predicted molar refractivity (Wildman–Crippen MR) is 71.4 cm³/mol. The number of anilines is 1. The molecule has 3 nitrogen and oxygen atoms in total. The Morgan fingerprint density at radius 2 is 2.17 bits per heavy atom. The van der Waals surface area contributed by atoms with Crippen molar-refractivity contribution < 1.29 is 9.53 Å². The molecule has 3 heteroatoms. The largest absolute Gasteiger partial charge is 0.456 e. The van der Waals surface area contributed by atoms with E-state index in [0.717, 1.165) is 18.7 Å². The summed E-state index contributed by atoms with van der Waals surface area (Å²) in [5, 5.41) is 0. The lowest BCUT2D eigenvalue weighted by molar-refractivity contribution is -0.136. The van der Waals surface area contributed by atoms with Crippen molar-refractivity contribution in [1.29, 1.82) is 0 Å². The molecule has 2 rings (SSSR count). The summed E-state index contributed by atoms with van der Waals surface area (Å²) in [4.78, 5) is 13.5. The van der Waals surface area contributed by atoms with Crippen molar-refractivity contribution in [1.82, 2.24) is 0 Å². The van der Waals surface area contributed by atoms with Crippen LogP contribution in [-0.4, -0.2) is 25.7 Å². The van der Waals surface area contributed by atoms with Gasteiger partial charge in [0.15, 0.2) is 0 Å². The first-order valence-corrected chi connectivity index (χ1v) is 6.33. The van der Waals surface area contributed by atoms with Gasteiger partial charge in [-0.25, -0.2) is 4.79 Å². The molecule has 18 heavy (non-hydrogen) atoms. The van der Waals surface area contributed by atoms with Crippen LogP contribution in [0.3, 0.4) is 0 Å². The van der Waals surface area contributed by atoms with Crippen molar-refractivity contribution in [3.05, 3.63) is 29.8 Å². The molecule has 0 aromatic heterocycles. The van der Waals surface area contributed by atoms with Gasteiger partial charge in [0.05, 0.1) is 6.61 Å². The molecule has 1 aromatic rings. The second-order valence-corrected chi connectivity index (χ2v) is 4.21. The molecule has 1 saturated heterocycles. The number of hydrogen-bond donors (Lipinski definition) is 0. The summed E-state index contributed by atoms with van der Waals surface area (Å²) in [6, 6.07) is 7.99. The van der Waals surface area contributed by atoms with Crippen LogP contribution in [0.25, 0.3) is 0 Å². The van der Waals surface area contributed by atoms with Gasteiger partial charge < -0.3 is 9.64 Å². The van der Waals surface area contributed by atoms with Crippen LogP contribution in [0, 0.1) is 11.8 Å². The van der Waals surface area contributed by atoms with Crippen LogP contribution in [0.15, 0.2) is 24.3 Å². The summed E-state index contributed by atoms with van der Waals surface area (Å²) >= 11 is 0. The third kappa shape index (κ3) is 3.27. The summed E-state index contributed by atoms with van der Waals surface area (Å²) in [7, 11) is 0. The second-order valence-electron chi connectivity index (χ2n) is 4.21. The quantitative estimate of drug-likeness (QED) is 0.589. The van der Waals surface area contributed by atoms with Gasteiger partial charge >= 0.3 is 5.97 Å². The molecule has 0 radical (unpaired) electrons. The third-order valence-electron chi connectivity index (χ3n) is 2.90.